The highest BCUT2D eigenvalue weighted by molar-refractivity contribution is 5.93. The normalized spacial score (nSPS) is 20.8. The molecule has 2 atom stereocenters. The number of carbonyl (C=O) groups excluding carboxylic acids is 1. The van der Waals surface area contributed by atoms with Crippen LogP contribution < -0.4 is 4.90 Å². The molecule has 0 aliphatic carbocycles. The Kier molecular flexibility index (Phi) is 4.65. The lowest BCUT2D eigenvalue weighted by molar-refractivity contribution is 0.177. The fourth-order valence-corrected chi connectivity index (χ4v) is 2.43. The van der Waals surface area contributed by atoms with E-state index in [1.54, 1.807) is 11.0 Å². The zero-order chi connectivity index (χ0) is 14.7. The summed E-state index contributed by atoms with van der Waals surface area (Å²) < 4.78 is 5.33. The number of unbranched alkanes of at least 4 members (excludes halogenated alkanes) is 1. The molecule has 0 spiro atoms. The van der Waals surface area contributed by atoms with Gasteiger partial charge in [-0.1, -0.05) is 31.8 Å². The van der Waals surface area contributed by atoms with Crippen molar-refractivity contribution in [2.45, 2.75) is 52.2 Å². The number of hydrogen-bond acceptors (Lipinski definition) is 4. The molecule has 6 nitrogen and oxygen atoms in total. The van der Waals surface area contributed by atoms with Crippen LogP contribution in [0.15, 0.2) is 10.6 Å². The van der Waals surface area contributed by atoms with Crippen LogP contribution >= 0.6 is 0 Å². The average Bonchev–Trinajstić information content (AvgIpc) is 3.01. The molecule has 1 N–H and O–H groups in total. The van der Waals surface area contributed by atoms with E-state index in [9.17, 15) is 9.90 Å². The third kappa shape index (κ3) is 2.80. The van der Waals surface area contributed by atoms with E-state index in [0.717, 1.165) is 25.0 Å². The van der Waals surface area contributed by atoms with Crippen LogP contribution in [0.3, 0.4) is 0 Å². The predicted octanol–water partition coefficient (Wildman–Crippen LogP) is 2.55. The van der Waals surface area contributed by atoms with E-state index < -0.39 is 6.23 Å². The van der Waals surface area contributed by atoms with E-state index in [4.69, 9.17) is 4.52 Å². The highest BCUT2D eigenvalue weighted by Gasteiger charge is 2.38. The maximum Gasteiger partial charge on any atom is 0.328 e. The van der Waals surface area contributed by atoms with Gasteiger partial charge in [0.2, 0.25) is 0 Å². The maximum atomic E-state index is 12.1. The minimum Gasteiger partial charge on any atom is -0.371 e. The van der Waals surface area contributed by atoms with Crippen LogP contribution in [-0.4, -0.2) is 40.5 Å². The van der Waals surface area contributed by atoms with Gasteiger partial charge in [0.05, 0.1) is 6.54 Å². The number of urea groups is 1. The number of anilines is 1. The second-order valence-corrected chi connectivity index (χ2v) is 5.30. The number of amides is 2. The molecule has 2 amide bonds. The van der Waals surface area contributed by atoms with Gasteiger partial charge in [0.1, 0.15) is 5.76 Å². The van der Waals surface area contributed by atoms with Crippen LogP contribution in [-0.2, 0) is 0 Å². The van der Waals surface area contributed by atoms with Crippen molar-refractivity contribution >= 4 is 11.8 Å². The Bertz CT molecular complexity index is 460. The van der Waals surface area contributed by atoms with Gasteiger partial charge in [-0.05, 0) is 13.3 Å². The van der Waals surface area contributed by atoms with E-state index in [1.807, 2.05) is 6.92 Å². The number of aliphatic hydroxyl groups is 1. The van der Waals surface area contributed by atoms with Gasteiger partial charge in [-0.2, -0.15) is 0 Å². The molecule has 1 aromatic heterocycles. The molecule has 2 rings (SSSR count). The Morgan fingerprint density at radius 1 is 1.55 bits per heavy atom. The molecule has 6 heteroatoms. The second kappa shape index (κ2) is 6.26. The highest BCUT2D eigenvalue weighted by atomic mass is 16.5. The van der Waals surface area contributed by atoms with E-state index in [2.05, 4.69) is 19.0 Å². The summed E-state index contributed by atoms with van der Waals surface area (Å²) in [7, 11) is 0. The topological polar surface area (TPSA) is 69.8 Å². The van der Waals surface area contributed by atoms with Gasteiger partial charge >= 0.3 is 6.03 Å². The summed E-state index contributed by atoms with van der Waals surface area (Å²) in [5.41, 5.74) is 0. The Balaban J connectivity index is 2.10. The second-order valence-electron chi connectivity index (χ2n) is 5.30. The van der Waals surface area contributed by atoms with Crippen molar-refractivity contribution in [2.24, 2.45) is 0 Å². The molecule has 20 heavy (non-hydrogen) atoms. The predicted molar refractivity (Wildman–Crippen MR) is 75.6 cm³/mol. The first-order chi connectivity index (χ1) is 9.58. The summed E-state index contributed by atoms with van der Waals surface area (Å²) in [4.78, 5) is 15.0. The molecule has 1 fully saturated rings. The van der Waals surface area contributed by atoms with Crippen molar-refractivity contribution in [1.82, 2.24) is 10.1 Å². The smallest absolute Gasteiger partial charge is 0.328 e. The number of rotatable bonds is 6. The van der Waals surface area contributed by atoms with Crippen LogP contribution in [0.2, 0.25) is 0 Å². The van der Waals surface area contributed by atoms with Gasteiger partial charge in [0.15, 0.2) is 12.0 Å². The Hall–Kier alpha value is -1.56. The lowest BCUT2D eigenvalue weighted by Gasteiger charge is -2.15. The molecule has 0 bridgehead atoms. The van der Waals surface area contributed by atoms with Crippen molar-refractivity contribution in [3.05, 3.63) is 11.8 Å². The summed E-state index contributed by atoms with van der Waals surface area (Å²) in [5.74, 6) is 1.44. The third-order valence-electron chi connectivity index (χ3n) is 3.78. The van der Waals surface area contributed by atoms with Crippen molar-refractivity contribution in [3.8, 4) is 0 Å². The van der Waals surface area contributed by atoms with Crippen LogP contribution in [0.1, 0.15) is 51.7 Å². The number of hydrogen-bond donors (Lipinski definition) is 1. The monoisotopic (exact) mass is 281 g/mol. The number of nitrogens with zero attached hydrogens (tertiary/aromatic N) is 3. The highest BCUT2D eigenvalue weighted by Crippen LogP contribution is 2.28. The van der Waals surface area contributed by atoms with Crippen LogP contribution in [0, 0.1) is 0 Å². The van der Waals surface area contributed by atoms with Gasteiger partial charge in [-0.25, -0.2) is 9.69 Å². The van der Waals surface area contributed by atoms with Crippen molar-refractivity contribution in [3.63, 3.8) is 0 Å². The number of β-amino-alcohol motifs (C(OH)–C–C–N with tert-alkyl or cyclic N) is 1. The lowest BCUT2D eigenvalue weighted by atomic mass is 10.0. The average molecular weight is 281 g/mol. The molecule has 0 aromatic carbocycles. The minimum absolute atomic E-state index is 0.221. The number of carbonyl (C=O) groups is 1. The van der Waals surface area contributed by atoms with Crippen LogP contribution in [0.4, 0.5) is 10.6 Å². The van der Waals surface area contributed by atoms with Gasteiger partial charge in [-0.3, -0.25) is 0 Å². The standard InChI is InChI=1S/C14H23N3O3/c1-4-6-7-10(3)11-8-12(15-20-11)17-13(18)9-16(5-2)14(17)19/h8,10,13,18H,4-7,9H2,1-3H3. The Labute approximate surface area is 119 Å². The molecular formula is C14H23N3O3. The van der Waals surface area contributed by atoms with Crippen molar-refractivity contribution in [2.75, 3.05) is 18.0 Å². The van der Waals surface area contributed by atoms with Crippen molar-refractivity contribution < 1.29 is 14.4 Å². The first-order valence-corrected chi connectivity index (χ1v) is 7.31. The van der Waals surface area contributed by atoms with Crippen LogP contribution in [0.5, 0.6) is 0 Å². The zero-order valence-corrected chi connectivity index (χ0v) is 12.4. The molecule has 1 saturated heterocycles. The van der Waals surface area contributed by atoms with E-state index >= 15 is 0 Å². The number of likely N-dealkylation sites (N-methyl/N-ethyl adjacent to an activating group) is 1. The number of aromatic nitrogens is 1. The fraction of sp³-hybridized carbons (Fsp3) is 0.714. The fourth-order valence-electron chi connectivity index (χ4n) is 2.43. The molecule has 0 saturated carbocycles. The molecule has 112 valence electrons. The first-order valence-electron chi connectivity index (χ1n) is 7.31. The van der Waals surface area contributed by atoms with E-state index in [0.29, 0.717) is 18.9 Å². The number of aliphatic hydroxyl groups excluding tert-OH is 1. The Morgan fingerprint density at radius 3 is 2.90 bits per heavy atom. The molecule has 1 aliphatic heterocycles. The largest absolute Gasteiger partial charge is 0.371 e. The summed E-state index contributed by atoms with van der Waals surface area (Å²) in [6.45, 7) is 7.00. The summed E-state index contributed by atoms with van der Waals surface area (Å²) in [6, 6.07) is 1.54. The van der Waals surface area contributed by atoms with Gasteiger partial charge < -0.3 is 14.5 Å². The van der Waals surface area contributed by atoms with Crippen molar-refractivity contribution in [1.29, 1.82) is 0 Å². The van der Waals surface area contributed by atoms with Crippen LogP contribution in [0.25, 0.3) is 0 Å². The molecule has 1 aliphatic rings. The minimum atomic E-state index is -0.855. The third-order valence-corrected chi connectivity index (χ3v) is 3.78. The summed E-state index contributed by atoms with van der Waals surface area (Å²) in [6.07, 6.45) is 2.45. The van der Waals surface area contributed by atoms with E-state index in [-0.39, 0.29) is 11.9 Å². The quantitative estimate of drug-likeness (QED) is 0.870. The first kappa shape index (κ1) is 14.8. The summed E-state index contributed by atoms with van der Waals surface area (Å²) >= 11 is 0. The molecule has 1 aromatic rings. The zero-order valence-electron chi connectivity index (χ0n) is 12.4. The molecule has 0 radical (unpaired) electrons. The molecule has 2 heterocycles. The lowest BCUT2D eigenvalue weighted by Crippen LogP contribution is -2.35. The molecule has 2 unspecified atom stereocenters. The summed E-state index contributed by atoms with van der Waals surface area (Å²) in [5, 5.41) is 13.9. The molecular weight excluding hydrogens is 258 g/mol. The maximum absolute atomic E-state index is 12.1. The van der Waals surface area contributed by atoms with Gasteiger partial charge in [0, 0.05) is 18.5 Å². The van der Waals surface area contributed by atoms with E-state index in [1.165, 1.54) is 4.90 Å². The van der Waals surface area contributed by atoms with Gasteiger partial charge in [0.25, 0.3) is 0 Å². The Morgan fingerprint density at radius 2 is 2.30 bits per heavy atom. The SMILES string of the molecule is CCCCC(C)c1cc(N2C(=O)N(CC)CC2O)no1. The van der Waals surface area contributed by atoms with Gasteiger partial charge in [-0.15, -0.1) is 0 Å².